The van der Waals surface area contributed by atoms with Crippen molar-refractivity contribution in [1.82, 2.24) is 9.80 Å². The summed E-state index contributed by atoms with van der Waals surface area (Å²) < 4.78 is 0. The van der Waals surface area contributed by atoms with Crippen LogP contribution in [0.2, 0.25) is 0 Å². The van der Waals surface area contributed by atoms with E-state index in [9.17, 15) is 0 Å². The third-order valence-electron chi connectivity index (χ3n) is 3.64. The Bertz CT molecular complexity index is 459. The van der Waals surface area contributed by atoms with E-state index < -0.39 is 0 Å². The Morgan fingerprint density at radius 3 is 2.94 bits per heavy atom. The molecule has 0 aromatic heterocycles. The topological polar surface area (TPSA) is 18.8 Å². The van der Waals surface area contributed by atoms with Crippen molar-refractivity contribution in [3.05, 3.63) is 35.0 Å². The predicted octanol–water partition coefficient (Wildman–Crippen LogP) is 1.04. The summed E-state index contributed by atoms with van der Waals surface area (Å²) in [7, 11) is 6.29. The number of hydrogen-bond donors (Lipinski definition) is 0. The van der Waals surface area contributed by atoms with Crippen LogP contribution in [0.25, 0.3) is 0 Å². The molecule has 17 heavy (non-hydrogen) atoms. The fourth-order valence-electron chi connectivity index (χ4n) is 2.52. The monoisotopic (exact) mass is 226 g/mol. The summed E-state index contributed by atoms with van der Waals surface area (Å²) >= 11 is 0. The van der Waals surface area contributed by atoms with Gasteiger partial charge in [-0.15, -0.1) is 0 Å². The average molecular weight is 226 g/mol. The van der Waals surface area contributed by atoms with Gasteiger partial charge in [0.05, 0.1) is 5.71 Å². The Morgan fingerprint density at radius 1 is 1.29 bits per heavy atom. The largest absolute Gasteiger partial charge is 0.379 e. The summed E-state index contributed by atoms with van der Waals surface area (Å²) in [6.07, 6.45) is 7.85. The summed E-state index contributed by atoms with van der Waals surface area (Å²) in [5.41, 5.74) is 5.16. The molecule has 0 aromatic rings. The molecule has 3 rings (SSSR count). The molecule has 0 N–H and O–H groups in total. The van der Waals surface area contributed by atoms with Crippen molar-refractivity contribution >= 4 is 13.1 Å². The van der Waals surface area contributed by atoms with Crippen molar-refractivity contribution in [3.63, 3.8) is 0 Å². The molecule has 3 nitrogen and oxygen atoms in total. The standard InChI is InChI=1S/C13H17BN3/c1-16-8-5-10(6-9-16)12-11-4-3-7-17(2)13(11)14-15-12/h3-5H,6-9H2,1-2H3. The Balaban J connectivity index is 1.88. The SMILES string of the molecule is CN1CC=C(C2=N[B]C3=C2C=CCN3C)CC1. The number of likely N-dealkylation sites (N-methyl/N-ethyl adjacent to an activating group) is 2. The fourth-order valence-corrected chi connectivity index (χ4v) is 2.52. The molecule has 1 radical (unpaired) electrons. The quantitative estimate of drug-likeness (QED) is 0.622. The number of rotatable bonds is 1. The molecule has 0 spiro atoms. The number of hydrogen-bond acceptors (Lipinski definition) is 3. The van der Waals surface area contributed by atoms with Crippen LogP contribution in [-0.2, 0) is 0 Å². The smallest absolute Gasteiger partial charge is 0.332 e. The van der Waals surface area contributed by atoms with Crippen molar-refractivity contribution < 1.29 is 0 Å². The van der Waals surface area contributed by atoms with E-state index in [0.717, 1.165) is 26.1 Å². The van der Waals surface area contributed by atoms with Gasteiger partial charge in [-0.1, -0.05) is 18.2 Å². The molecule has 3 aliphatic heterocycles. The van der Waals surface area contributed by atoms with Gasteiger partial charge in [-0.25, -0.2) is 0 Å². The molecule has 0 aromatic carbocycles. The van der Waals surface area contributed by atoms with E-state index in [-0.39, 0.29) is 0 Å². The molecule has 0 saturated carbocycles. The fraction of sp³-hybridized carbons (Fsp3) is 0.462. The average Bonchev–Trinajstić information content (AvgIpc) is 2.75. The van der Waals surface area contributed by atoms with E-state index >= 15 is 0 Å². The van der Waals surface area contributed by atoms with E-state index in [1.165, 1.54) is 22.5 Å². The van der Waals surface area contributed by atoms with Gasteiger partial charge in [0.1, 0.15) is 0 Å². The summed E-state index contributed by atoms with van der Waals surface area (Å²) in [6.45, 7) is 3.16. The second-order valence-corrected chi connectivity index (χ2v) is 4.93. The molecule has 0 bridgehead atoms. The highest BCUT2D eigenvalue weighted by atomic mass is 15.1. The maximum atomic E-state index is 4.62. The zero-order chi connectivity index (χ0) is 11.8. The van der Waals surface area contributed by atoms with Gasteiger partial charge in [-0.2, -0.15) is 0 Å². The van der Waals surface area contributed by atoms with E-state index in [1.54, 1.807) is 0 Å². The molecule has 4 heteroatoms. The minimum Gasteiger partial charge on any atom is -0.379 e. The predicted molar refractivity (Wildman–Crippen MR) is 72.2 cm³/mol. The highest BCUT2D eigenvalue weighted by Crippen LogP contribution is 2.27. The molecule has 0 unspecified atom stereocenters. The van der Waals surface area contributed by atoms with Crippen LogP contribution in [0.5, 0.6) is 0 Å². The van der Waals surface area contributed by atoms with Crippen LogP contribution in [0.3, 0.4) is 0 Å². The van der Waals surface area contributed by atoms with Gasteiger partial charge in [0, 0.05) is 37.9 Å². The van der Waals surface area contributed by atoms with E-state index in [2.05, 4.69) is 47.0 Å². The summed E-state index contributed by atoms with van der Waals surface area (Å²) in [5, 5.41) is 0. The third-order valence-corrected chi connectivity index (χ3v) is 3.64. The van der Waals surface area contributed by atoms with Gasteiger partial charge >= 0.3 is 7.41 Å². The lowest BCUT2D eigenvalue weighted by molar-refractivity contribution is 0.362. The summed E-state index contributed by atoms with van der Waals surface area (Å²) in [6, 6.07) is 0. The summed E-state index contributed by atoms with van der Waals surface area (Å²) in [5.74, 6) is 0. The van der Waals surface area contributed by atoms with E-state index in [0.29, 0.717) is 0 Å². The molecule has 0 atom stereocenters. The van der Waals surface area contributed by atoms with Gasteiger partial charge in [-0.05, 0) is 19.0 Å². The van der Waals surface area contributed by atoms with Crippen LogP contribution in [0.1, 0.15) is 6.42 Å². The molecule has 0 saturated heterocycles. The first-order chi connectivity index (χ1) is 8.25. The van der Waals surface area contributed by atoms with Crippen LogP contribution < -0.4 is 0 Å². The molecule has 87 valence electrons. The van der Waals surface area contributed by atoms with Crippen LogP contribution in [0, 0.1) is 0 Å². The molecule has 3 heterocycles. The molecule has 0 fully saturated rings. The molecule has 0 aliphatic carbocycles. The van der Waals surface area contributed by atoms with Crippen molar-refractivity contribution in [2.45, 2.75) is 6.42 Å². The van der Waals surface area contributed by atoms with E-state index in [1.807, 2.05) is 7.41 Å². The van der Waals surface area contributed by atoms with Crippen LogP contribution in [-0.4, -0.2) is 56.7 Å². The first-order valence-corrected chi connectivity index (χ1v) is 6.17. The minimum atomic E-state index is 0.986. The Kier molecular flexibility index (Phi) is 2.67. The number of allylic oxidation sites excluding steroid dienone is 2. The number of nitrogens with zero attached hydrogens (tertiary/aromatic N) is 3. The highest BCUT2D eigenvalue weighted by molar-refractivity contribution is 6.52. The Labute approximate surface area is 103 Å². The van der Waals surface area contributed by atoms with Gasteiger partial charge < -0.3 is 14.7 Å². The summed E-state index contributed by atoms with van der Waals surface area (Å²) in [4.78, 5) is 9.20. The Morgan fingerprint density at radius 2 is 2.18 bits per heavy atom. The van der Waals surface area contributed by atoms with Gasteiger partial charge in [0.25, 0.3) is 0 Å². The maximum absolute atomic E-state index is 4.62. The van der Waals surface area contributed by atoms with Crippen molar-refractivity contribution in [1.29, 1.82) is 0 Å². The van der Waals surface area contributed by atoms with Crippen molar-refractivity contribution in [2.24, 2.45) is 4.90 Å². The lowest BCUT2D eigenvalue weighted by Crippen LogP contribution is -2.27. The Hall–Kier alpha value is -1.29. The second-order valence-electron chi connectivity index (χ2n) is 4.93. The minimum absolute atomic E-state index is 0.986. The van der Waals surface area contributed by atoms with Crippen LogP contribution in [0.4, 0.5) is 0 Å². The maximum Gasteiger partial charge on any atom is 0.332 e. The lowest BCUT2D eigenvalue weighted by Gasteiger charge is -2.25. The molecule has 0 amide bonds. The first kappa shape index (κ1) is 10.8. The molecular weight excluding hydrogens is 209 g/mol. The van der Waals surface area contributed by atoms with Crippen molar-refractivity contribution in [2.75, 3.05) is 33.7 Å². The third kappa shape index (κ3) is 1.87. The molecular formula is C13H17BN3. The zero-order valence-electron chi connectivity index (χ0n) is 10.5. The van der Waals surface area contributed by atoms with Crippen molar-refractivity contribution in [3.8, 4) is 0 Å². The lowest BCUT2D eigenvalue weighted by atomic mass is 9.86. The van der Waals surface area contributed by atoms with Crippen LogP contribution in [0.15, 0.2) is 39.9 Å². The normalized spacial score (nSPS) is 24.5. The highest BCUT2D eigenvalue weighted by Gasteiger charge is 2.26. The van der Waals surface area contributed by atoms with Gasteiger partial charge in [0.2, 0.25) is 0 Å². The van der Waals surface area contributed by atoms with Crippen LogP contribution >= 0.6 is 0 Å². The second kappa shape index (κ2) is 4.19. The zero-order valence-corrected chi connectivity index (χ0v) is 10.5. The van der Waals surface area contributed by atoms with Gasteiger partial charge in [0.15, 0.2) is 0 Å². The molecule has 3 aliphatic rings. The van der Waals surface area contributed by atoms with Gasteiger partial charge in [-0.3, -0.25) is 0 Å². The van der Waals surface area contributed by atoms with E-state index in [4.69, 9.17) is 0 Å². The first-order valence-electron chi connectivity index (χ1n) is 6.17.